The van der Waals surface area contributed by atoms with Gasteiger partial charge in [-0.05, 0) is 32.9 Å². The monoisotopic (exact) mass is 254 g/mol. The predicted octanol–water partition coefficient (Wildman–Crippen LogP) is 1.39. The van der Waals surface area contributed by atoms with Crippen molar-refractivity contribution in [1.29, 1.82) is 0 Å². The van der Waals surface area contributed by atoms with Crippen LogP contribution in [-0.2, 0) is 9.53 Å². The number of methoxy groups -OCH3 is 1. The minimum atomic E-state index is -0.0466. The van der Waals surface area contributed by atoms with Crippen LogP contribution in [-0.4, -0.2) is 32.2 Å². The van der Waals surface area contributed by atoms with Crippen LogP contribution in [0.1, 0.15) is 31.4 Å². The first-order chi connectivity index (χ1) is 8.52. The van der Waals surface area contributed by atoms with Gasteiger partial charge in [-0.3, -0.25) is 10.1 Å². The number of nitrogens with one attached hydrogen (secondary N) is 2. The van der Waals surface area contributed by atoms with E-state index >= 15 is 0 Å². The van der Waals surface area contributed by atoms with Crippen molar-refractivity contribution in [3.63, 3.8) is 0 Å². The smallest absolute Gasteiger partial charge is 0.234 e. The van der Waals surface area contributed by atoms with Gasteiger partial charge < -0.3 is 14.5 Å². The molecular weight excluding hydrogens is 232 g/mol. The third-order valence-corrected chi connectivity index (χ3v) is 2.58. The average molecular weight is 254 g/mol. The fraction of sp³-hybridized carbons (Fsp3) is 0.615. The Morgan fingerprint density at radius 2 is 2.17 bits per heavy atom. The second-order valence-electron chi connectivity index (χ2n) is 4.47. The van der Waals surface area contributed by atoms with Crippen molar-refractivity contribution in [2.45, 2.75) is 32.9 Å². The Balaban J connectivity index is 2.30. The van der Waals surface area contributed by atoms with E-state index in [0.29, 0.717) is 6.61 Å². The summed E-state index contributed by atoms with van der Waals surface area (Å²) in [5.41, 5.74) is 0. The fourth-order valence-corrected chi connectivity index (χ4v) is 1.65. The lowest BCUT2D eigenvalue weighted by Gasteiger charge is -2.15. The summed E-state index contributed by atoms with van der Waals surface area (Å²) in [6, 6.07) is 3.86. The molecule has 1 aromatic rings. The van der Waals surface area contributed by atoms with Crippen molar-refractivity contribution in [3.8, 4) is 0 Å². The van der Waals surface area contributed by atoms with Gasteiger partial charge in [-0.1, -0.05) is 0 Å². The van der Waals surface area contributed by atoms with E-state index in [1.165, 1.54) is 0 Å². The van der Waals surface area contributed by atoms with Crippen molar-refractivity contribution in [3.05, 3.63) is 23.7 Å². The molecule has 0 saturated carbocycles. The van der Waals surface area contributed by atoms with Crippen LogP contribution in [0.4, 0.5) is 0 Å². The third-order valence-electron chi connectivity index (χ3n) is 2.58. The molecule has 2 atom stereocenters. The number of carbonyl (C=O) groups excluding carboxylic acids is 1. The van der Waals surface area contributed by atoms with E-state index in [9.17, 15) is 4.79 Å². The second kappa shape index (κ2) is 7.18. The number of aryl methyl sites for hydroxylation is 1. The third kappa shape index (κ3) is 4.89. The molecule has 0 aliphatic rings. The predicted molar refractivity (Wildman–Crippen MR) is 69.3 cm³/mol. The molecule has 1 rings (SSSR count). The van der Waals surface area contributed by atoms with Gasteiger partial charge in [-0.15, -0.1) is 0 Å². The Bertz CT molecular complexity index is 376. The minimum absolute atomic E-state index is 0.0159. The second-order valence-corrected chi connectivity index (χ2v) is 4.47. The molecule has 2 unspecified atom stereocenters. The Morgan fingerprint density at radius 1 is 1.44 bits per heavy atom. The minimum Gasteiger partial charge on any atom is -0.465 e. The van der Waals surface area contributed by atoms with Gasteiger partial charge in [0.15, 0.2) is 0 Å². The van der Waals surface area contributed by atoms with Crippen LogP contribution in [0.15, 0.2) is 16.5 Å². The van der Waals surface area contributed by atoms with Gasteiger partial charge in [0.1, 0.15) is 11.5 Å². The molecular formula is C13H22N2O3. The molecule has 0 aromatic carbocycles. The van der Waals surface area contributed by atoms with E-state index in [4.69, 9.17) is 9.15 Å². The van der Waals surface area contributed by atoms with Gasteiger partial charge in [-0.25, -0.2) is 0 Å². The van der Waals surface area contributed by atoms with Crippen molar-refractivity contribution in [2.24, 2.45) is 0 Å². The molecule has 0 radical (unpaired) electrons. The van der Waals surface area contributed by atoms with Crippen molar-refractivity contribution in [2.75, 3.05) is 20.3 Å². The quantitative estimate of drug-likeness (QED) is 0.772. The summed E-state index contributed by atoms with van der Waals surface area (Å²) in [4.78, 5) is 11.6. The summed E-state index contributed by atoms with van der Waals surface area (Å²) >= 11 is 0. The van der Waals surface area contributed by atoms with Crippen molar-refractivity contribution in [1.82, 2.24) is 10.6 Å². The SMILES string of the molecule is COCC(C)NC(=O)CNC(C)c1ccc(C)o1. The van der Waals surface area contributed by atoms with Crippen LogP contribution in [0.25, 0.3) is 0 Å². The number of amides is 1. The zero-order valence-electron chi connectivity index (χ0n) is 11.4. The number of ether oxygens (including phenoxy) is 1. The van der Waals surface area contributed by atoms with Gasteiger partial charge in [0.05, 0.1) is 19.2 Å². The van der Waals surface area contributed by atoms with Gasteiger partial charge in [0.25, 0.3) is 0 Å². The maximum Gasteiger partial charge on any atom is 0.234 e. The van der Waals surface area contributed by atoms with E-state index in [1.54, 1.807) is 7.11 Å². The molecule has 0 fully saturated rings. The molecule has 1 amide bonds. The van der Waals surface area contributed by atoms with Crippen LogP contribution in [0, 0.1) is 6.92 Å². The average Bonchev–Trinajstić information content (AvgIpc) is 2.73. The summed E-state index contributed by atoms with van der Waals surface area (Å²) in [6.07, 6.45) is 0. The number of carbonyl (C=O) groups is 1. The van der Waals surface area contributed by atoms with E-state index in [0.717, 1.165) is 11.5 Å². The number of hydrogen-bond acceptors (Lipinski definition) is 4. The lowest BCUT2D eigenvalue weighted by Crippen LogP contribution is -2.41. The van der Waals surface area contributed by atoms with Crippen LogP contribution >= 0.6 is 0 Å². The zero-order valence-corrected chi connectivity index (χ0v) is 11.4. The summed E-state index contributed by atoms with van der Waals surface area (Å²) in [6.45, 7) is 6.54. The Labute approximate surface area is 108 Å². The molecule has 102 valence electrons. The Morgan fingerprint density at radius 3 is 2.72 bits per heavy atom. The molecule has 5 nitrogen and oxygen atoms in total. The number of hydrogen-bond donors (Lipinski definition) is 2. The summed E-state index contributed by atoms with van der Waals surface area (Å²) in [7, 11) is 1.61. The van der Waals surface area contributed by atoms with Gasteiger partial charge in [0, 0.05) is 13.2 Å². The molecule has 1 heterocycles. The Hall–Kier alpha value is -1.33. The molecule has 1 aromatic heterocycles. The molecule has 0 aliphatic carbocycles. The first-order valence-electron chi connectivity index (χ1n) is 6.11. The maximum atomic E-state index is 11.6. The molecule has 0 spiro atoms. The van der Waals surface area contributed by atoms with Gasteiger partial charge in [0.2, 0.25) is 5.91 Å². The lowest BCUT2D eigenvalue weighted by molar-refractivity contribution is -0.121. The highest BCUT2D eigenvalue weighted by Gasteiger charge is 2.12. The maximum absolute atomic E-state index is 11.6. The van der Waals surface area contributed by atoms with Crippen LogP contribution < -0.4 is 10.6 Å². The molecule has 0 bridgehead atoms. The van der Waals surface area contributed by atoms with Gasteiger partial charge in [-0.2, -0.15) is 0 Å². The standard InChI is InChI=1S/C13H22N2O3/c1-9(8-17-4)15-13(16)7-14-11(3)12-6-5-10(2)18-12/h5-6,9,11,14H,7-8H2,1-4H3,(H,15,16). The molecule has 2 N–H and O–H groups in total. The lowest BCUT2D eigenvalue weighted by atomic mass is 10.2. The molecule has 5 heteroatoms. The number of rotatable bonds is 7. The van der Waals surface area contributed by atoms with Crippen LogP contribution in [0.5, 0.6) is 0 Å². The highest BCUT2D eigenvalue weighted by atomic mass is 16.5. The molecule has 18 heavy (non-hydrogen) atoms. The Kier molecular flexibility index (Phi) is 5.88. The van der Waals surface area contributed by atoms with E-state index < -0.39 is 0 Å². The molecule has 0 saturated heterocycles. The van der Waals surface area contributed by atoms with Crippen molar-refractivity contribution < 1.29 is 13.9 Å². The fourth-order valence-electron chi connectivity index (χ4n) is 1.65. The highest BCUT2D eigenvalue weighted by molar-refractivity contribution is 5.78. The van der Waals surface area contributed by atoms with E-state index in [2.05, 4.69) is 10.6 Å². The van der Waals surface area contributed by atoms with Gasteiger partial charge >= 0.3 is 0 Å². The first-order valence-corrected chi connectivity index (χ1v) is 6.11. The number of furan rings is 1. The summed E-state index contributed by atoms with van der Waals surface area (Å²) in [5, 5.41) is 5.95. The van der Waals surface area contributed by atoms with Crippen LogP contribution in [0.2, 0.25) is 0 Å². The van der Waals surface area contributed by atoms with Crippen molar-refractivity contribution >= 4 is 5.91 Å². The largest absolute Gasteiger partial charge is 0.465 e. The van der Waals surface area contributed by atoms with Crippen LogP contribution in [0.3, 0.4) is 0 Å². The first kappa shape index (κ1) is 14.7. The van der Waals surface area contributed by atoms with E-state index in [1.807, 2.05) is 32.9 Å². The summed E-state index contributed by atoms with van der Waals surface area (Å²) in [5.74, 6) is 1.66. The summed E-state index contributed by atoms with van der Waals surface area (Å²) < 4.78 is 10.4. The highest BCUT2D eigenvalue weighted by Crippen LogP contribution is 2.14. The van der Waals surface area contributed by atoms with E-state index in [-0.39, 0.29) is 24.5 Å². The molecule has 0 aliphatic heterocycles. The zero-order chi connectivity index (χ0) is 13.5. The topological polar surface area (TPSA) is 63.5 Å². The normalized spacial score (nSPS) is 14.2.